The van der Waals surface area contributed by atoms with Crippen LogP contribution < -0.4 is 4.74 Å². The zero-order valence-electron chi connectivity index (χ0n) is 17.1. The Morgan fingerprint density at radius 1 is 1.21 bits per heavy atom. The van der Waals surface area contributed by atoms with Gasteiger partial charge in [0, 0.05) is 24.2 Å². The van der Waals surface area contributed by atoms with Gasteiger partial charge < -0.3 is 29.9 Å². The summed E-state index contributed by atoms with van der Waals surface area (Å²) in [6.45, 7) is 5.71. The molecule has 0 radical (unpaired) electrons. The molecule has 29 heavy (non-hydrogen) atoms. The Kier molecular flexibility index (Phi) is 6.60. The van der Waals surface area contributed by atoms with Crippen molar-refractivity contribution < 1.29 is 29.9 Å². The summed E-state index contributed by atoms with van der Waals surface area (Å²) in [5.41, 5.74) is 4.00. The minimum absolute atomic E-state index is 0.184. The number of benzene rings is 1. The van der Waals surface area contributed by atoms with Crippen LogP contribution in [0.5, 0.6) is 5.88 Å². The number of hydrogen-bond donors (Lipinski definition) is 4. The zero-order chi connectivity index (χ0) is 21.2. The molecular formula is C21H30N2O6. The lowest BCUT2D eigenvalue weighted by Gasteiger charge is -2.41. The molecule has 3 rings (SSSR count). The van der Waals surface area contributed by atoms with Crippen molar-refractivity contribution in [1.82, 2.24) is 9.78 Å². The molecule has 0 unspecified atom stereocenters. The number of ether oxygens (including phenoxy) is 2. The van der Waals surface area contributed by atoms with Crippen LogP contribution in [0.25, 0.3) is 0 Å². The van der Waals surface area contributed by atoms with Gasteiger partial charge in [0.25, 0.3) is 5.79 Å². The number of rotatable bonds is 7. The van der Waals surface area contributed by atoms with Gasteiger partial charge in [0.2, 0.25) is 5.88 Å². The highest BCUT2D eigenvalue weighted by Crippen LogP contribution is 2.32. The maximum absolute atomic E-state index is 10.8. The maximum atomic E-state index is 10.8. The lowest BCUT2D eigenvalue weighted by molar-refractivity contribution is -0.308. The first-order chi connectivity index (χ1) is 13.8. The number of aliphatic hydroxyl groups is 4. The van der Waals surface area contributed by atoms with Crippen molar-refractivity contribution in [2.24, 2.45) is 0 Å². The maximum Gasteiger partial charge on any atom is 0.262 e. The molecule has 4 atom stereocenters. The lowest BCUT2D eigenvalue weighted by Crippen LogP contribution is -2.64. The van der Waals surface area contributed by atoms with E-state index in [-0.39, 0.29) is 5.88 Å². The molecule has 0 spiro atoms. The van der Waals surface area contributed by atoms with E-state index in [1.165, 1.54) is 5.56 Å². The van der Waals surface area contributed by atoms with Crippen LogP contribution in [0.1, 0.15) is 36.2 Å². The van der Waals surface area contributed by atoms with E-state index in [2.05, 4.69) is 24.2 Å². The number of aryl methyl sites for hydroxylation is 2. The minimum atomic E-state index is -2.18. The minimum Gasteiger partial charge on any atom is -0.438 e. The highest BCUT2D eigenvalue weighted by Gasteiger charge is 2.51. The first-order valence-electron chi connectivity index (χ1n) is 9.97. The van der Waals surface area contributed by atoms with Gasteiger partial charge in [-0.1, -0.05) is 31.2 Å². The average molecular weight is 406 g/mol. The second-order valence-corrected chi connectivity index (χ2v) is 7.45. The fourth-order valence-corrected chi connectivity index (χ4v) is 3.54. The molecule has 2 aromatic rings. The molecule has 1 aliphatic rings. The highest BCUT2D eigenvalue weighted by atomic mass is 16.7. The van der Waals surface area contributed by atoms with Gasteiger partial charge in [-0.05, 0) is 31.4 Å². The molecular weight excluding hydrogens is 376 g/mol. The molecule has 1 fully saturated rings. The summed E-state index contributed by atoms with van der Waals surface area (Å²) >= 11 is 0. The molecule has 2 heterocycles. The predicted octanol–water partition coefficient (Wildman–Crippen LogP) is 0.545. The Hall–Kier alpha value is -1.97. The second kappa shape index (κ2) is 8.81. The van der Waals surface area contributed by atoms with Crippen molar-refractivity contribution >= 4 is 0 Å². The van der Waals surface area contributed by atoms with Gasteiger partial charge in [0.05, 0.1) is 6.61 Å². The SMILES string of the molecule is CCc1ccc(Cc2c(O[C@@]3(O)CO[C@H](CO)[C@@H](O)[C@@H]3O)nn(CC)c2C)cc1. The molecule has 8 nitrogen and oxygen atoms in total. The molecule has 0 amide bonds. The third-order valence-corrected chi connectivity index (χ3v) is 5.53. The van der Waals surface area contributed by atoms with Crippen LogP contribution in [0.4, 0.5) is 0 Å². The van der Waals surface area contributed by atoms with Gasteiger partial charge in [-0.15, -0.1) is 5.10 Å². The molecule has 0 saturated carbocycles. The van der Waals surface area contributed by atoms with Gasteiger partial charge in [0.1, 0.15) is 24.9 Å². The molecule has 0 aliphatic carbocycles. The van der Waals surface area contributed by atoms with Crippen molar-refractivity contribution in [3.8, 4) is 5.88 Å². The molecule has 1 aromatic heterocycles. The van der Waals surface area contributed by atoms with Crippen LogP contribution in [-0.2, 0) is 24.1 Å². The fraction of sp³-hybridized carbons (Fsp3) is 0.571. The van der Waals surface area contributed by atoms with E-state index in [4.69, 9.17) is 9.47 Å². The van der Waals surface area contributed by atoms with Crippen LogP contribution in [0.3, 0.4) is 0 Å². The Bertz CT molecular complexity index is 821. The number of nitrogens with zero attached hydrogens (tertiary/aromatic N) is 2. The van der Waals surface area contributed by atoms with E-state index in [1.54, 1.807) is 4.68 Å². The van der Waals surface area contributed by atoms with Gasteiger partial charge in [0.15, 0.2) is 0 Å². The first kappa shape index (κ1) is 21.7. The Morgan fingerprint density at radius 2 is 1.86 bits per heavy atom. The summed E-state index contributed by atoms with van der Waals surface area (Å²) in [4.78, 5) is 0. The van der Waals surface area contributed by atoms with E-state index in [0.717, 1.165) is 23.2 Å². The number of aliphatic hydroxyl groups excluding tert-OH is 3. The summed E-state index contributed by atoms with van der Waals surface area (Å²) in [6, 6.07) is 8.25. The largest absolute Gasteiger partial charge is 0.438 e. The van der Waals surface area contributed by atoms with Gasteiger partial charge in [-0.25, -0.2) is 0 Å². The van der Waals surface area contributed by atoms with Crippen molar-refractivity contribution in [2.45, 2.75) is 64.3 Å². The monoisotopic (exact) mass is 406 g/mol. The summed E-state index contributed by atoms with van der Waals surface area (Å²) in [7, 11) is 0. The molecule has 160 valence electrons. The normalized spacial score (nSPS) is 27.2. The Balaban J connectivity index is 1.88. The standard InChI is InChI=1S/C21H30N2O6/c1-4-14-6-8-15(9-7-14)10-16-13(3)23(5-2)22-20(16)29-21(27)12-28-17(11-24)18(25)19(21)26/h6-9,17-19,24-27H,4-5,10-12H2,1-3H3/t17-,18-,19+,21+/m1/s1. The molecule has 1 saturated heterocycles. The molecule has 0 bridgehead atoms. The Labute approximate surface area is 170 Å². The summed E-state index contributed by atoms with van der Waals surface area (Å²) < 4.78 is 12.8. The van der Waals surface area contributed by atoms with Crippen LogP contribution in [0.15, 0.2) is 24.3 Å². The molecule has 4 N–H and O–H groups in total. The van der Waals surface area contributed by atoms with Crippen molar-refractivity contribution in [3.63, 3.8) is 0 Å². The van der Waals surface area contributed by atoms with E-state index in [1.807, 2.05) is 26.0 Å². The molecule has 1 aromatic carbocycles. The highest BCUT2D eigenvalue weighted by molar-refractivity contribution is 5.37. The topological polar surface area (TPSA) is 117 Å². The van der Waals surface area contributed by atoms with E-state index in [0.29, 0.717) is 13.0 Å². The van der Waals surface area contributed by atoms with Gasteiger partial charge in [-0.2, -0.15) is 0 Å². The van der Waals surface area contributed by atoms with Crippen molar-refractivity contribution in [2.75, 3.05) is 13.2 Å². The summed E-state index contributed by atoms with van der Waals surface area (Å²) in [5.74, 6) is -1.99. The quantitative estimate of drug-likeness (QED) is 0.496. The third kappa shape index (κ3) is 4.31. The fourth-order valence-electron chi connectivity index (χ4n) is 3.54. The first-order valence-corrected chi connectivity index (χ1v) is 9.97. The molecule has 8 heteroatoms. The summed E-state index contributed by atoms with van der Waals surface area (Å²) in [6.07, 6.45) is -2.63. The van der Waals surface area contributed by atoms with E-state index < -0.39 is 37.3 Å². The second-order valence-electron chi connectivity index (χ2n) is 7.45. The molecule has 1 aliphatic heterocycles. The van der Waals surface area contributed by atoms with Crippen molar-refractivity contribution in [3.05, 3.63) is 46.6 Å². The van der Waals surface area contributed by atoms with Crippen LogP contribution in [0, 0.1) is 6.92 Å². The lowest BCUT2D eigenvalue weighted by atomic mass is 9.97. The van der Waals surface area contributed by atoms with Crippen LogP contribution in [0.2, 0.25) is 0 Å². The smallest absolute Gasteiger partial charge is 0.262 e. The number of hydrogen-bond acceptors (Lipinski definition) is 7. The average Bonchev–Trinajstić information content (AvgIpc) is 3.01. The van der Waals surface area contributed by atoms with Gasteiger partial charge in [-0.3, -0.25) is 4.68 Å². The predicted molar refractivity (Wildman–Crippen MR) is 106 cm³/mol. The van der Waals surface area contributed by atoms with E-state index in [9.17, 15) is 20.4 Å². The van der Waals surface area contributed by atoms with Crippen molar-refractivity contribution in [1.29, 1.82) is 0 Å². The Morgan fingerprint density at radius 3 is 2.45 bits per heavy atom. The van der Waals surface area contributed by atoms with E-state index >= 15 is 0 Å². The summed E-state index contributed by atoms with van der Waals surface area (Å²) in [5, 5.41) is 45.0. The third-order valence-electron chi connectivity index (χ3n) is 5.53. The number of aromatic nitrogens is 2. The van der Waals surface area contributed by atoms with Crippen LogP contribution >= 0.6 is 0 Å². The zero-order valence-corrected chi connectivity index (χ0v) is 17.1. The van der Waals surface area contributed by atoms with Crippen LogP contribution in [-0.4, -0.2) is 67.5 Å². The van der Waals surface area contributed by atoms with Gasteiger partial charge >= 0.3 is 0 Å².